The number of hydrogen-bond acceptors (Lipinski definition) is 3. The second-order valence-corrected chi connectivity index (χ2v) is 8.64. The smallest absolute Gasteiger partial charge is 0.411 e. The molecule has 3 atom stereocenters. The van der Waals surface area contributed by atoms with Crippen LogP contribution in [-0.4, -0.2) is 52.6 Å². The first-order chi connectivity index (χ1) is 11.4. The minimum atomic E-state index is -0.525. The average Bonchev–Trinajstić information content (AvgIpc) is 2.93. The standard InChI is InChI=1S/C19H32N2O3/c1-19(2,3)24-18(23)21-15-10-6-5-9-14(15)13-16(21)17(22)20-11-7-4-8-12-20/h14-16H,4-13H2,1-3H3/t14-,15-,16-/m0/s1. The van der Waals surface area contributed by atoms with Gasteiger partial charge >= 0.3 is 6.09 Å². The van der Waals surface area contributed by atoms with Crippen LogP contribution in [0.2, 0.25) is 0 Å². The summed E-state index contributed by atoms with van der Waals surface area (Å²) in [7, 11) is 0. The van der Waals surface area contributed by atoms with Crippen LogP contribution < -0.4 is 0 Å². The fraction of sp³-hybridized carbons (Fsp3) is 0.895. The van der Waals surface area contributed by atoms with Gasteiger partial charge in [-0.05, 0) is 65.2 Å². The molecule has 0 spiro atoms. The van der Waals surface area contributed by atoms with Gasteiger partial charge in [-0.3, -0.25) is 9.69 Å². The van der Waals surface area contributed by atoms with E-state index in [1.807, 2.05) is 30.6 Å². The maximum Gasteiger partial charge on any atom is 0.411 e. The second-order valence-electron chi connectivity index (χ2n) is 8.64. The zero-order valence-electron chi connectivity index (χ0n) is 15.4. The van der Waals surface area contributed by atoms with Gasteiger partial charge in [0, 0.05) is 19.1 Å². The third-order valence-electron chi connectivity index (χ3n) is 5.65. The maximum atomic E-state index is 13.1. The molecule has 3 aliphatic rings. The molecule has 5 nitrogen and oxygen atoms in total. The number of fused-ring (bicyclic) bond motifs is 1. The fourth-order valence-electron chi connectivity index (χ4n) is 4.58. The molecular formula is C19H32N2O3. The SMILES string of the molecule is CC(C)(C)OC(=O)N1[C@H](C(=O)N2CCCCC2)C[C@@H]2CCCC[C@@H]21. The summed E-state index contributed by atoms with van der Waals surface area (Å²) < 4.78 is 5.65. The van der Waals surface area contributed by atoms with Gasteiger partial charge in [0.2, 0.25) is 5.91 Å². The molecule has 1 aliphatic carbocycles. The normalized spacial score (nSPS) is 30.9. The number of nitrogens with zero attached hydrogens (tertiary/aromatic N) is 2. The predicted molar refractivity (Wildman–Crippen MR) is 92.7 cm³/mol. The first kappa shape index (κ1) is 17.6. The van der Waals surface area contributed by atoms with Crippen molar-refractivity contribution >= 4 is 12.0 Å². The highest BCUT2D eigenvalue weighted by Crippen LogP contribution is 2.41. The van der Waals surface area contributed by atoms with Gasteiger partial charge in [0.05, 0.1) is 0 Å². The lowest BCUT2D eigenvalue weighted by Gasteiger charge is -2.36. The fourth-order valence-corrected chi connectivity index (χ4v) is 4.58. The molecular weight excluding hydrogens is 304 g/mol. The van der Waals surface area contributed by atoms with Gasteiger partial charge in [-0.15, -0.1) is 0 Å². The zero-order valence-corrected chi connectivity index (χ0v) is 15.4. The number of amides is 2. The Kier molecular flexibility index (Phi) is 5.07. The van der Waals surface area contributed by atoms with Crippen molar-refractivity contribution in [1.82, 2.24) is 9.80 Å². The lowest BCUT2D eigenvalue weighted by atomic mass is 9.84. The molecule has 1 saturated carbocycles. The summed E-state index contributed by atoms with van der Waals surface area (Å²) in [6.45, 7) is 7.35. The molecule has 136 valence electrons. The van der Waals surface area contributed by atoms with Crippen LogP contribution in [0.4, 0.5) is 4.79 Å². The summed E-state index contributed by atoms with van der Waals surface area (Å²) in [6, 6.07) is -0.126. The molecule has 5 heteroatoms. The van der Waals surface area contributed by atoms with Crippen molar-refractivity contribution < 1.29 is 14.3 Å². The lowest BCUT2D eigenvalue weighted by molar-refractivity contribution is -0.137. The van der Waals surface area contributed by atoms with E-state index in [1.165, 1.54) is 12.8 Å². The third kappa shape index (κ3) is 3.70. The van der Waals surface area contributed by atoms with Gasteiger partial charge in [0.15, 0.2) is 0 Å². The van der Waals surface area contributed by atoms with E-state index in [2.05, 4.69) is 0 Å². The highest BCUT2D eigenvalue weighted by Gasteiger charge is 2.49. The van der Waals surface area contributed by atoms with Crippen LogP contribution in [0.1, 0.15) is 72.1 Å². The van der Waals surface area contributed by atoms with Crippen molar-refractivity contribution in [3.63, 3.8) is 0 Å². The van der Waals surface area contributed by atoms with Crippen LogP contribution >= 0.6 is 0 Å². The number of piperidine rings is 1. The van der Waals surface area contributed by atoms with Gasteiger partial charge in [-0.2, -0.15) is 0 Å². The number of rotatable bonds is 1. The molecule has 0 aromatic carbocycles. The van der Waals surface area contributed by atoms with Crippen molar-refractivity contribution in [3.8, 4) is 0 Å². The molecule has 0 N–H and O–H groups in total. The number of carbonyl (C=O) groups is 2. The third-order valence-corrected chi connectivity index (χ3v) is 5.65. The van der Waals surface area contributed by atoms with Crippen molar-refractivity contribution in [2.45, 2.75) is 89.8 Å². The number of carbonyl (C=O) groups excluding carboxylic acids is 2. The van der Waals surface area contributed by atoms with E-state index < -0.39 is 5.60 Å². The minimum Gasteiger partial charge on any atom is -0.444 e. The summed E-state index contributed by atoms with van der Waals surface area (Å²) in [5.74, 6) is 0.611. The van der Waals surface area contributed by atoms with Gasteiger partial charge in [-0.1, -0.05) is 12.8 Å². The molecule has 0 aromatic heterocycles. The first-order valence-corrected chi connectivity index (χ1v) is 9.67. The van der Waals surface area contributed by atoms with Gasteiger partial charge < -0.3 is 9.64 Å². The maximum absolute atomic E-state index is 13.1. The van der Waals surface area contributed by atoms with E-state index >= 15 is 0 Å². The minimum absolute atomic E-state index is 0.148. The molecule has 2 saturated heterocycles. The quantitative estimate of drug-likeness (QED) is 0.735. The molecule has 2 amide bonds. The Hall–Kier alpha value is -1.26. The predicted octanol–water partition coefficient (Wildman–Crippen LogP) is 3.57. The van der Waals surface area contributed by atoms with E-state index in [0.29, 0.717) is 5.92 Å². The van der Waals surface area contributed by atoms with Crippen molar-refractivity contribution in [3.05, 3.63) is 0 Å². The Labute approximate surface area is 145 Å². The number of likely N-dealkylation sites (tertiary alicyclic amines) is 2. The summed E-state index contributed by atoms with van der Waals surface area (Å²) in [6.07, 6.45) is 8.39. The molecule has 2 aliphatic heterocycles. The van der Waals surface area contributed by atoms with Crippen LogP contribution in [0, 0.1) is 5.92 Å². The van der Waals surface area contributed by atoms with Crippen LogP contribution in [0.25, 0.3) is 0 Å². The van der Waals surface area contributed by atoms with Crippen molar-refractivity contribution in [2.75, 3.05) is 13.1 Å². The first-order valence-electron chi connectivity index (χ1n) is 9.67. The summed E-state index contributed by atoms with van der Waals surface area (Å²) in [5.41, 5.74) is -0.525. The van der Waals surface area contributed by atoms with Crippen molar-refractivity contribution in [1.29, 1.82) is 0 Å². The summed E-state index contributed by atoms with van der Waals surface area (Å²) >= 11 is 0. The molecule has 0 bridgehead atoms. The van der Waals surface area contributed by atoms with Crippen LogP contribution in [0.3, 0.4) is 0 Å². The van der Waals surface area contributed by atoms with Crippen molar-refractivity contribution in [2.24, 2.45) is 5.92 Å². The van der Waals surface area contributed by atoms with Gasteiger partial charge in [-0.25, -0.2) is 4.79 Å². The molecule has 0 unspecified atom stereocenters. The number of ether oxygens (including phenoxy) is 1. The molecule has 0 aromatic rings. The topological polar surface area (TPSA) is 49.9 Å². The largest absolute Gasteiger partial charge is 0.444 e. The average molecular weight is 336 g/mol. The highest BCUT2D eigenvalue weighted by atomic mass is 16.6. The van der Waals surface area contributed by atoms with Crippen LogP contribution in [0.15, 0.2) is 0 Å². The van der Waals surface area contributed by atoms with E-state index in [0.717, 1.165) is 51.6 Å². The Morgan fingerprint density at radius 2 is 1.62 bits per heavy atom. The molecule has 3 rings (SSSR count). The molecule has 2 heterocycles. The Bertz CT molecular complexity index is 479. The Morgan fingerprint density at radius 1 is 0.958 bits per heavy atom. The Balaban J connectivity index is 1.79. The summed E-state index contributed by atoms with van der Waals surface area (Å²) in [5, 5.41) is 0. The molecule has 24 heavy (non-hydrogen) atoms. The van der Waals surface area contributed by atoms with E-state index in [9.17, 15) is 9.59 Å². The van der Waals surface area contributed by atoms with Gasteiger partial charge in [0.1, 0.15) is 11.6 Å². The molecule has 0 radical (unpaired) electrons. The van der Waals surface area contributed by atoms with E-state index in [-0.39, 0.29) is 24.1 Å². The Morgan fingerprint density at radius 3 is 2.29 bits per heavy atom. The summed E-state index contributed by atoms with van der Waals surface area (Å²) in [4.78, 5) is 29.7. The highest BCUT2D eigenvalue weighted by molar-refractivity contribution is 5.86. The zero-order chi connectivity index (χ0) is 17.3. The lowest BCUT2D eigenvalue weighted by Crippen LogP contribution is -2.52. The van der Waals surface area contributed by atoms with Crippen LogP contribution in [0.5, 0.6) is 0 Å². The van der Waals surface area contributed by atoms with Crippen LogP contribution in [-0.2, 0) is 9.53 Å². The van der Waals surface area contributed by atoms with E-state index in [1.54, 1.807) is 0 Å². The molecule has 3 fully saturated rings. The second kappa shape index (κ2) is 6.93. The van der Waals surface area contributed by atoms with Gasteiger partial charge in [0.25, 0.3) is 0 Å². The van der Waals surface area contributed by atoms with E-state index in [4.69, 9.17) is 4.74 Å². The monoisotopic (exact) mass is 336 g/mol. The number of hydrogen-bond donors (Lipinski definition) is 0.